The second-order valence-electron chi connectivity index (χ2n) is 5.35. The molecule has 2 rings (SSSR count). The Kier molecular flexibility index (Phi) is 4.14. The zero-order valence-electron chi connectivity index (χ0n) is 11.6. The lowest BCUT2D eigenvalue weighted by Gasteiger charge is -2.28. The third-order valence-electron chi connectivity index (χ3n) is 3.61. The maximum Gasteiger partial charge on any atom is 0.237 e. The van der Waals surface area contributed by atoms with E-state index in [1.807, 2.05) is 11.9 Å². The summed E-state index contributed by atoms with van der Waals surface area (Å²) >= 11 is 0. The summed E-state index contributed by atoms with van der Waals surface area (Å²) in [5.74, 6) is -0.261. The summed E-state index contributed by atoms with van der Waals surface area (Å²) in [5.41, 5.74) is 0. The number of likely N-dealkylation sites (tertiary alicyclic amines) is 1. The first-order chi connectivity index (χ1) is 8.81. The zero-order chi connectivity index (χ0) is 14.2. The number of rotatable bonds is 2. The van der Waals surface area contributed by atoms with E-state index in [4.69, 9.17) is 4.74 Å². The largest absolute Gasteiger partial charge is 0.374 e. The Labute approximate surface area is 114 Å². The molecule has 8 heteroatoms. The molecule has 2 fully saturated rings. The molecule has 2 aliphatic heterocycles. The Morgan fingerprint density at radius 2 is 2.05 bits per heavy atom. The van der Waals surface area contributed by atoms with E-state index >= 15 is 0 Å². The van der Waals surface area contributed by atoms with Crippen LogP contribution in [0, 0.1) is 0 Å². The molecular weight excluding hydrogens is 270 g/mol. The molecule has 19 heavy (non-hydrogen) atoms. The second kappa shape index (κ2) is 5.35. The van der Waals surface area contributed by atoms with Crippen molar-refractivity contribution in [1.29, 1.82) is 0 Å². The fourth-order valence-electron chi connectivity index (χ4n) is 2.50. The minimum absolute atomic E-state index is 0.0512. The smallest absolute Gasteiger partial charge is 0.237 e. The van der Waals surface area contributed by atoms with Gasteiger partial charge < -0.3 is 14.5 Å². The van der Waals surface area contributed by atoms with Crippen LogP contribution in [0.3, 0.4) is 0 Å². The summed E-state index contributed by atoms with van der Waals surface area (Å²) in [6, 6.07) is -0.263. The fourth-order valence-corrected chi connectivity index (χ4v) is 3.96. The van der Waals surface area contributed by atoms with Crippen LogP contribution in [0.1, 0.15) is 0 Å². The van der Waals surface area contributed by atoms with E-state index in [1.54, 1.807) is 14.1 Å². The van der Waals surface area contributed by atoms with Gasteiger partial charge in [0.05, 0.1) is 31.1 Å². The lowest BCUT2D eigenvalue weighted by atomic mass is 10.2. The molecule has 110 valence electrons. The SMILES string of the molecule is CN1C[C@@H]2OCCS(=O)(=O)N(CC(=O)N(C)C)[C@@H]2C1. The van der Waals surface area contributed by atoms with Gasteiger partial charge in [0.2, 0.25) is 15.9 Å². The third-order valence-corrected chi connectivity index (χ3v) is 5.41. The molecule has 2 heterocycles. The van der Waals surface area contributed by atoms with Crippen LogP contribution in [0.25, 0.3) is 0 Å². The lowest BCUT2D eigenvalue weighted by molar-refractivity contribution is -0.129. The number of carbonyl (C=O) groups is 1. The molecule has 0 spiro atoms. The van der Waals surface area contributed by atoms with Crippen molar-refractivity contribution in [2.75, 3.05) is 53.1 Å². The van der Waals surface area contributed by atoms with Crippen LogP contribution in [0.5, 0.6) is 0 Å². The average Bonchev–Trinajstić information content (AvgIpc) is 2.61. The van der Waals surface area contributed by atoms with Crippen LogP contribution in [0.4, 0.5) is 0 Å². The standard InChI is InChI=1S/C11H21N3O4S/c1-12(2)11(15)8-14-9-6-13(3)7-10(9)18-4-5-19(14,16)17/h9-10H,4-8H2,1-3H3/t9-,10+/m1/s1. The molecule has 0 aromatic carbocycles. The van der Waals surface area contributed by atoms with Gasteiger partial charge in [-0.15, -0.1) is 0 Å². The molecule has 7 nitrogen and oxygen atoms in total. The van der Waals surface area contributed by atoms with E-state index in [1.165, 1.54) is 9.21 Å². The van der Waals surface area contributed by atoms with Gasteiger partial charge in [0, 0.05) is 27.2 Å². The topological polar surface area (TPSA) is 70.2 Å². The van der Waals surface area contributed by atoms with Gasteiger partial charge in [0.1, 0.15) is 0 Å². The minimum atomic E-state index is -3.43. The van der Waals surface area contributed by atoms with Gasteiger partial charge in [-0.05, 0) is 7.05 Å². The first-order valence-corrected chi connectivity index (χ1v) is 7.92. The predicted molar refractivity (Wildman–Crippen MR) is 70.2 cm³/mol. The van der Waals surface area contributed by atoms with Crippen molar-refractivity contribution in [2.24, 2.45) is 0 Å². The van der Waals surface area contributed by atoms with Crippen molar-refractivity contribution in [3.63, 3.8) is 0 Å². The van der Waals surface area contributed by atoms with Gasteiger partial charge >= 0.3 is 0 Å². The van der Waals surface area contributed by atoms with Crippen molar-refractivity contribution >= 4 is 15.9 Å². The van der Waals surface area contributed by atoms with Gasteiger partial charge in [0.15, 0.2) is 0 Å². The summed E-state index contributed by atoms with van der Waals surface area (Å²) in [5, 5.41) is 0. The van der Waals surface area contributed by atoms with Crippen molar-refractivity contribution < 1.29 is 17.9 Å². The monoisotopic (exact) mass is 291 g/mol. The molecule has 2 saturated heterocycles. The van der Waals surface area contributed by atoms with Gasteiger partial charge in [0.25, 0.3) is 0 Å². The molecule has 2 atom stereocenters. The highest BCUT2D eigenvalue weighted by molar-refractivity contribution is 7.89. The van der Waals surface area contributed by atoms with Crippen molar-refractivity contribution in [3.05, 3.63) is 0 Å². The normalized spacial score (nSPS) is 31.7. The summed E-state index contributed by atoms with van der Waals surface area (Å²) < 4.78 is 31.5. The number of amides is 1. The summed E-state index contributed by atoms with van der Waals surface area (Å²) in [6.07, 6.45) is -0.141. The molecular formula is C11H21N3O4S. The van der Waals surface area contributed by atoms with Crippen LogP contribution in [-0.2, 0) is 19.6 Å². The molecule has 1 amide bonds. The molecule has 0 aromatic heterocycles. The molecule has 0 N–H and O–H groups in total. The first kappa shape index (κ1) is 14.7. The van der Waals surface area contributed by atoms with E-state index < -0.39 is 10.0 Å². The van der Waals surface area contributed by atoms with Gasteiger partial charge in [-0.1, -0.05) is 0 Å². The van der Waals surface area contributed by atoms with Crippen LogP contribution < -0.4 is 0 Å². The van der Waals surface area contributed by atoms with Gasteiger partial charge in [-0.3, -0.25) is 4.79 Å². The minimum Gasteiger partial charge on any atom is -0.374 e. The van der Waals surface area contributed by atoms with E-state index in [9.17, 15) is 13.2 Å². The predicted octanol–water partition coefficient (Wildman–Crippen LogP) is -1.58. The Morgan fingerprint density at radius 3 is 2.68 bits per heavy atom. The Bertz CT molecular complexity index is 451. The molecule has 0 saturated carbocycles. The quantitative estimate of drug-likeness (QED) is 0.614. The number of hydrogen-bond donors (Lipinski definition) is 0. The molecule has 0 aromatic rings. The molecule has 2 aliphatic rings. The summed E-state index contributed by atoms with van der Waals surface area (Å²) in [6.45, 7) is 1.40. The lowest BCUT2D eigenvalue weighted by Crippen LogP contribution is -2.50. The van der Waals surface area contributed by atoms with Crippen LogP contribution in [0.15, 0.2) is 0 Å². The summed E-state index contributed by atoms with van der Waals surface area (Å²) in [7, 11) is 1.75. The first-order valence-electron chi connectivity index (χ1n) is 6.31. The average molecular weight is 291 g/mol. The van der Waals surface area contributed by atoms with Gasteiger partial charge in [-0.25, -0.2) is 8.42 Å². The van der Waals surface area contributed by atoms with E-state index in [-0.39, 0.29) is 37.0 Å². The van der Waals surface area contributed by atoms with Crippen LogP contribution in [0.2, 0.25) is 0 Å². The molecule has 0 radical (unpaired) electrons. The number of ether oxygens (including phenoxy) is 1. The van der Waals surface area contributed by atoms with Gasteiger partial charge in [-0.2, -0.15) is 4.31 Å². The van der Waals surface area contributed by atoms with E-state index in [0.29, 0.717) is 13.1 Å². The second-order valence-corrected chi connectivity index (χ2v) is 7.39. The maximum atomic E-state index is 12.3. The Balaban J connectivity index is 2.25. The van der Waals surface area contributed by atoms with E-state index in [0.717, 1.165) is 0 Å². The van der Waals surface area contributed by atoms with Crippen molar-refractivity contribution in [2.45, 2.75) is 12.1 Å². The number of carbonyl (C=O) groups excluding carboxylic acids is 1. The van der Waals surface area contributed by atoms with Crippen LogP contribution >= 0.6 is 0 Å². The zero-order valence-corrected chi connectivity index (χ0v) is 12.4. The highest BCUT2D eigenvalue weighted by Crippen LogP contribution is 2.24. The summed E-state index contributed by atoms with van der Waals surface area (Å²) in [4.78, 5) is 15.3. The van der Waals surface area contributed by atoms with Crippen LogP contribution in [-0.4, -0.2) is 93.7 Å². The van der Waals surface area contributed by atoms with Crippen molar-refractivity contribution in [1.82, 2.24) is 14.1 Å². The maximum absolute atomic E-state index is 12.3. The highest BCUT2D eigenvalue weighted by atomic mass is 32.2. The number of sulfonamides is 1. The molecule has 0 unspecified atom stereocenters. The Morgan fingerprint density at radius 1 is 1.37 bits per heavy atom. The number of nitrogens with zero attached hydrogens (tertiary/aromatic N) is 3. The van der Waals surface area contributed by atoms with Crippen molar-refractivity contribution in [3.8, 4) is 0 Å². The number of hydrogen-bond acceptors (Lipinski definition) is 5. The number of fused-ring (bicyclic) bond motifs is 1. The number of likely N-dealkylation sites (N-methyl/N-ethyl adjacent to an activating group) is 2. The van der Waals surface area contributed by atoms with E-state index in [2.05, 4.69) is 0 Å². The highest BCUT2D eigenvalue weighted by Gasteiger charge is 2.44. The Hall–Kier alpha value is -0.700. The third kappa shape index (κ3) is 3.07. The molecule has 0 aliphatic carbocycles. The fraction of sp³-hybridized carbons (Fsp3) is 0.909. The molecule has 0 bridgehead atoms.